The Hall–Kier alpha value is -1.88. The molecular formula is C18H23N3OS. The minimum absolute atomic E-state index is 0.0375. The van der Waals surface area contributed by atoms with Crippen molar-refractivity contribution in [3.63, 3.8) is 0 Å². The summed E-state index contributed by atoms with van der Waals surface area (Å²) in [5.74, 6) is 0.263. The molecule has 23 heavy (non-hydrogen) atoms. The van der Waals surface area contributed by atoms with Crippen LogP contribution < -0.4 is 5.32 Å². The molecule has 2 rings (SSSR count). The maximum absolute atomic E-state index is 12.2. The summed E-state index contributed by atoms with van der Waals surface area (Å²) in [5, 5.41) is 3.65. The predicted octanol–water partition coefficient (Wildman–Crippen LogP) is 4.06. The number of thioether (sulfide) groups is 1. The van der Waals surface area contributed by atoms with Crippen LogP contribution in [0.3, 0.4) is 0 Å². The third-order valence-electron chi connectivity index (χ3n) is 3.89. The number of rotatable bonds is 4. The molecule has 0 aliphatic heterocycles. The summed E-state index contributed by atoms with van der Waals surface area (Å²) >= 11 is 1.37. The zero-order valence-corrected chi connectivity index (χ0v) is 15.4. The molecule has 0 saturated heterocycles. The molecule has 0 fully saturated rings. The number of carbonyl (C=O) groups excluding carboxylic acids is 1. The van der Waals surface area contributed by atoms with E-state index in [1.54, 1.807) is 0 Å². The smallest absolute Gasteiger partial charge is 0.234 e. The molecule has 0 aliphatic carbocycles. The lowest BCUT2D eigenvalue weighted by Gasteiger charge is -2.13. The topological polar surface area (TPSA) is 54.9 Å². The fourth-order valence-corrected chi connectivity index (χ4v) is 3.22. The SMILES string of the molecule is Cc1cc(C)c(NC(=O)CSc2nc(C)c(C)c(C)n2)c(C)c1. The predicted molar refractivity (Wildman–Crippen MR) is 96.2 cm³/mol. The van der Waals surface area contributed by atoms with E-state index < -0.39 is 0 Å². The maximum Gasteiger partial charge on any atom is 0.234 e. The van der Waals surface area contributed by atoms with Gasteiger partial charge in [0.25, 0.3) is 0 Å². The van der Waals surface area contributed by atoms with E-state index in [9.17, 15) is 4.79 Å². The molecule has 1 N–H and O–H groups in total. The van der Waals surface area contributed by atoms with E-state index in [0.29, 0.717) is 10.9 Å². The van der Waals surface area contributed by atoms with Crippen LogP contribution in [0.25, 0.3) is 0 Å². The van der Waals surface area contributed by atoms with Crippen LogP contribution in [0.5, 0.6) is 0 Å². The molecule has 1 heterocycles. The highest BCUT2D eigenvalue weighted by atomic mass is 32.2. The Bertz CT molecular complexity index is 710. The van der Waals surface area contributed by atoms with Crippen molar-refractivity contribution in [2.75, 3.05) is 11.1 Å². The molecule has 0 radical (unpaired) electrons. The largest absolute Gasteiger partial charge is 0.325 e. The zero-order chi connectivity index (χ0) is 17.1. The highest BCUT2D eigenvalue weighted by Crippen LogP contribution is 2.23. The number of carbonyl (C=O) groups is 1. The summed E-state index contributed by atoms with van der Waals surface area (Å²) in [6.07, 6.45) is 0. The van der Waals surface area contributed by atoms with Crippen LogP contribution >= 0.6 is 11.8 Å². The molecule has 2 aromatic rings. The van der Waals surface area contributed by atoms with Gasteiger partial charge in [0.1, 0.15) is 0 Å². The van der Waals surface area contributed by atoms with Crippen molar-refractivity contribution in [1.29, 1.82) is 0 Å². The van der Waals surface area contributed by atoms with Crippen molar-refractivity contribution in [2.24, 2.45) is 0 Å². The van der Waals surface area contributed by atoms with Gasteiger partial charge in [-0.2, -0.15) is 0 Å². The van der Waals surface area contributed by atoms with Gasteiger partial charge in [-0.3, -0.25) is 4.79 Å². The zero-order valence-electron chi connectivity index (χ0n) is 14.6. The molecule has 1 aromatic heterocycles. The molecule has 122 valence electrons. The molecule has 0 spiro atoms. The number of benzene rings is 1. The third kappa shape index (κ3) is 4.32. The van der Waals surface area contributed by atoms with Crippen LogP contribution in [0.15, 0.2) is 17.3 Å². The standard InChI is InChI=1S/C18H23N3OS/c1-10-7-11(2)17(12(3)8-10)21-16(22)9-23-18-19-14(5)13(4)15(6)20-18/h7-8H,9H2,1-6H3,(H,21,22). The first-order valence-corrected chi connectivity index (χ1v) is 8.59. The van der Waals surface area contributed by atoms with Crippen LogP contribution in [0.1, 0.15) is 33.6 Å². The van der Waals surface area contributed by atoms with E-state index in [0.717, 1.165) is 33.8 Å². The van der Waals surface area contributed by atoms with Crippen LogP contribution in [-0.4, -0.2) is 21.6 Å². The molecule has 1 aromatic carbocycles. The first-order chi connectivity index (χ1) is 10.8. The van der Waals surface area contributed by atoms with Crippen molar-refractivity contribution in [3.05, 3.63) is 45.8 Å². The molecule has 1 amide bonds. The van der Waals surface area contributed by atoms with Gasteiger partial charge in [0.15, 0.2) is 5.16 Å². The minimum Gasteiger partial charge on any atom is -0.325 e. The van der Waals surface area contributed by atoms with Gasteiger partial charge in [0.2, 0.25) is 5.91 Å². The molecule has 0 aliphatic rings. The molecule has 0 saturated carbocycles. The van der Waals surface area contributed by atoms with Gasteiger partial charge < -0.3 is 5.32 Å². The lowest BCUT2D eigenvalue weighted by atomic mass is 10.1. The Labute approximate surface area is 142 Å². The van der Waals surface area contributed by atoms with Crippen LogP contribution in [0.4, 0.5) is 5.69 Å². The second kappa shape index (κ2) is 7.13. The first kappa shape index (κ1) is 17.5. The van der Waals surface area contributed by atoms with Gasteiger partial charge in [-0.1, -0.05) is 29.5 Å². The Balaban J connectivity index is 2.04. The van der Waals surface area contributed by atoms with Crippen molar-refractivity contribution in [2.45, 2.75) is 46.7 Å². The number of nitrogens with one attached hydrogen (secondary N) is 1. The highest BCUT2D eigenvalue weighted by molar-refractivity contribution is 7.99. The van der Waals surface area contributed by atoms with Crippen LogP contribution in [0.2, 0.25) is 0 Å². The Morgan fingerprint density at radius 1 is 1.00 bits per heavy atom. The van der Waals surface area contributed by atoms with Crippen molar-refractivity contribution >= 4 is 23.4 Å². The summed E-state index contributed by atoms with van der Waals surface area (Å²) in [6.45, 7) is 12.0. The quantitative estimate of drug-likeness (QED) is 0.679. The second-order valence-electron chi connectivity index (χ2n) is 5.91. The fourth-order valence-electron chi connectivity index (χ4n) is 2.49. The van der Waals surface area contributed by atoms with E-state index in [-0.39, 0.29) is 5.91 Å². The molecular weight excluding hydrogens is 306 g/mol. The summed E-state index contributed by atoms with van der Waals surface area (Å²) in [6, 6.07) is 4.15. The Morgan fingerprint density at radius 3 is 2.04 bits per heavy atom. The molecule has 4 nitrogen and oxygen atoms in total. The number of hydrogen-bond donors (Lipinski definition) is 1. The maximum atomic E-state index is 12.2. The van der Waals surface area contributed by atoms with E-state index in [1.807, 2.05) is 34.6 Å². The number of aryl methyl sites for hydroxylation is 5. The van der Waals surface area contributed by atoms with E-state index in [4.69, 9.17) is 0 Å². The normalized spacial score (nSPS) is 10.7. The van der Waals surface area contributed by atoms with Gasteiger partial charge in [-0.05, 0) is 58.2 Å². The summed E-state index contributed by atoms with van der Waals surface area (Å²) in [7, 11) is 0. The monoisotopic (exact) mass is 329 g/mol. The average molecular weight is 329 g/mol. The average Bonchev–Trinajstić information content (AvgIpc) is 2.46. The lowest BCUT2D eigenvalue weighted by molar-refractivity contribution is -0.113. The van der Waals surface area contributed by atoms with Crippen LogP contribution in [0, 0.1) is 41.5 Å². The van der Waals surface area contributed by atoms with Crippen molar-refractivity contribution in [1.82, 2.24) is 9.97 Å². The number of aromatic nitrogens is 2. The van der Waals surface area contributed by atoms with Crippen molar-refractivity contribution in [3.8, 4) is 0 Å². The third-order valence-corrected chi connectivity index (χ3v) is 4.73. The summed E-state index contributed by atoms with van der Waals surface area (Å²) in [5.41, 5.74) is 7.30. The van der Waals surface area contributed by atoms with E-state index in [2.05, 4.69) is 34.3 Å². The van der Waals surface area contributed by atoms with E-state index >= 15 is 0 Å². The number of amides is 1. The van der Waals surface area contributed by atoms with Gasteiger partial charge >= 0.3 is 0 Å². The molecule has 0 atom stereocenters. The van der Waals surface area contributed by atoms with Gasteiger partial charge in [0.05, 0.1) is 5.75 Å². The van der Waals surface area contributed by atoms with Gasteiger partial charge in [-0.25, -0.2) is 9.97 Å². The minimum atomic E-state index is -0.0375. The molecule has 0 bridgehead atoms. The number of hydrogen-bond acceptors (Lipinski definition) is 4. The summed E-state index contributed by atoms with van der Waals surface area (Å²) in [4.78, 5) is 21.1. The fraction of sp³-hybridized carbons (Fsp3) is 0.389. The first-order valence-electron chi connectivity index (χ1n) is 7.60. The Kier molecular flexibility index (Phi) is 5.42. The van der Waals surface area contributed by atoms with Crippen LogP contribution in [-0.2, 0) is 4.79 Å². The molecule has 0 unspecified atom stereocenters. The second-order valence-corrected chi connectivity index (χ2v) is 6.86. The number of nitrogens with zero attached hydrogens (tertiary/aromatic N) is 2. The van der Waals surface area contributed by atoms with Crippen molar-refractivity contribution < 1.29 is 4.79 Å². The number of anilines is 1. The Morgan fingerprint density at radius 2 is 1.52 bits per heavy atom. The highest BCUT2D eigenvalue weighted by Gasteiger charge is 2.11. The molecule has 5 heteroatoms. The van der Waals surface area contributed by atoms with Gasteiger partial charge in [-0.15, -0.1) is 0 Å². The van der Waals surface area contributed by atoms with Gasteiger partial charge in [0, 0.05) is 17.1 Å². The van der Waals surface area contributed by atoms with E-state index in [1.165, 1.54) is 17.3 Å². The lowest BCUT2D eigenvalue weighted by Crippen LogP contribution is -2.16. The summed E-state index contributed by atoms with van der Waals surface area (Å²) < 4.78 is 0.